The first-order chi connectivity index (χ1) is 13.2. The third-order valence-corrected chi connectivity index (χ3v) is 5.75. The molecule has 7 nitrogen and oxygen atoms in total. The van der Waals surface area contributed by atoms with E-state index in [1.165, 1.54) is 0 Å². The molecule has 0 unspecified atom stereocenters. The second-order valence-electron chi connectivity index (χ2n) is 6.31. The molecule has 8 heteroatoms. The number of piperidine rings is 1. The Labute approximate surface area is 161 Å². The SMILES string of the molecule is COc1ccccc1NC(=O)N1CCC(c2nnc(-c3ccco3)s2)CC1. The van der Waals surface area contributed by atoms with Gasteiger partial charge in [-0.25, -0.2) is 4.79 Å². The molecule has 0 spiro atoms. The van der Waals surface area contributed by atoms with Crippen molar-refractivity contribution < 1.29 is 13.9 Å². The minimum Gasteiger partial charge on any atom is -0.495 e. The van der Waals surface area contributed by atoms with Gasteiger partial charge in [-0.1, -0.05) is 23.5 Å². The number of ether oxygens (including phenoxy) is 1. The van der Waals surface area contributed by atoms with Gasteiger partial charge >= 0.3 is 6.03 Å². The van der Waals surface area contributed by atoms with Crippen LogP contribution in [0.15, 0.2) is 47.1 Å². The van der Waals surface area contributed by atoms with Gasteiger partial charge in [0.25, 0.3) is 0 Å². The van der Waals surface area contributed by atoms with Crippen LogP contribution in [0, 0.1) is 0 Å². The highest BCUT2D eigenvalue weighted by molar-refractivity contribution is 7.14. The molecule has 1 saturated heterocycles. The normalized spacial score (nSPS) is 14.9. The Morgan fingerprint density at radius 1 is 1.22 bits per heavy atom. The van der Waals surface area contributed by atoms with Crippen LogP contribution >= 0.6 is 11.3 Å². The summed E-state index contributed by atoms with van der Waals surface area (Å²) in [5, 5.41) is 13.3. The third kappa shape index (κ3) is 3.80. The average molecular weight is 384 g/mol. The van der Waals surface area contributed by atoms with Crippen molar-refractivity contribution in [3.05, 3.63) is 47.7 Å². The minimum atomic E-state index is -0.105. The number of rotatable bonds is 4. The number of hydrogen-bond donors (Lipinski definition) is 1. The van der Waals surface area contributed by atoms with Crippen molar-refractivity contribution in [3.63, 3.8) is 0 Å². The number of amides is 2. The largest absolute Gasteiger partial charge is 0.495 e. The van der Waals surface area contributed by atoms with E-state index >= 15 is 0 Å². The van der Waals surface area contributed by atoms with Crippen LogP contribution in [-0.4, -0.2) is 41.3 Å². The van der Waals surface area contributed by atoms with Crippen LogP contribution < -0.4 is 10.1 Å². The second-order valence-corrected chi connectivity index (χ2v) is 7.32. The van der Waals surface area contributed by atoms with E-state index in [9.17, 15) is 4.79 Å². The average Bonchev–Trinajstić information content (AvgIpc) is 3.40. The monoisotopic (exact) mass is 384 g/mol. The Hall–Kier alpha value is -2.87. The van der Waals surface area contributed by atoms with Crippen LogP contribution in [-0.2, 0) is 0 Å². The van der Waals surface area contributed by atoms with Crippen LogP contribution in [0.3, 0.4) is 0 Å². The molecule has 0 aliphatic carbocycles. The molecule has 3 heterocycles. The molecule has 0 bridgehead atoms. The first-order valence-corrected chi connectivity index (χ1v) is 9.62. The molecule has 1 aromatic carbocycles. The molecule has 1 aliphatic heterocycles. The van der Waals surface area contributed by atoms with Gasteiger partial charge in [-0.2, -0.15) is 0 Å². The van der Waals surface area contributed by atoms with Gasteiger partial charge in [0.1, 0.15) is 10.8 Å². The number of furan rings is 1. The summed E-state index contributed by atoms with van der Waals surface area (Å²) in [6.07, 6.45) is 3.37. The summed E-state index contributed by atoms with van der Waals surface area (Å²) >= 11 is 1.56. The van der Waals surface area contributed by atoms with Gasteiger partial charge in [-0.05, 0) is 37.1 Å². The second kappa shape index (κ2) is 7.79. The molecule has 1 aliphatic rings. The van der Waals surface area contributed by atoms with Crippen molar-refractivity contribution in [2.45, 2.75) is 18.8 Å². The summed E-state index contributed by atoms with van der Waals surface area (Å²) in [5.41, 5.74) is 0.680. The maximum absolute atomic E-state index is 12.6. The van der Waals surface area contributed by atoms with Gasteiger partial charge in [0.2, 0.25) is 0 Å². The number of hydrogen-bond acceptors (Lipinski definition) is 6. The molecule has 0 atom stereocenters. The van der Waals surface area contributed by atoms with Crippen molar-refractivity contribution in [2.24, 2.45) is 0 Å². The Balaban J connectivity index is 1.35. The van der Waals surface area contributed by atoms with Gasteiger partial charge in [-0.15, -0.1) is 10.2 Å². The molecule has 27 heavy (non-hydrogen) atoms. The molecule has 0 radical (unpaired) electrons. The molecule has 2 aromatic heterocycles. The summed E-state index contributed by atoms with van der Waals surface area (Å²) in [5.74, 6) is 1.72. The van der Waals surface area contributed by atoms with E-state index in [2.05, 4.69) is 15.5 Å². The van der Waals surface area contributed by atoms with Crippen LogP contribution in [0.1, 0.15) is 23.8 Å². The first-order valence-electron chi connectivity index (χ1n) is 8.81. The standard InChI is InChI=1S/C19H20N4O3S/c1-25-15-6-3-2-5-14(15)20-19(24)23-10-8-13(9-11-23)17-21-22-18(27-17)16-7-4-12-26-16/h2-7,12-13H,8-11H2,1H3,(H,20,24). The number of carbonyl (C=O) groups is 1. The van der Waals surface area contributed by atoms with Crippen LogP contribution in [0.5, 0.6) is 5.75 Å². The number of benzene rings is 1. The van der Waals surface area contributed by atoms with E-state index < -0.39 is 0 Å². The fourth-order valence-electron chi connectivity index (χ4n) is 3.17. The van der Waals surface area contributed by atoms with E-state index in [4.69, 9.17) is 9.15 Å². The van der Waals surface area contributed by atoms with Gasteiger partial charge in [0, 0.05) is 19.0 Å². The van der Waals surface area contributed by atoms with E-state index in [1.54, 1.807) is 24.7 Å². The number of aromatic nitrogens is 2. The molecule has 1 N–H and O–H groups in total. The Morgan fingerprint density at radius 3 is 2.78 bits per heavy atom. The molecule has 2 amide bonds. The van der Waals surface area contributed by atoms with E-state index in [1.807, 2.05) is 41.3 Å². The van der Waals surface area contributed by atoms with Crippen molar-refractivity contribution in [1.82, 2.24) is 15.1 Å². The Kier molecular flexibility index (Phi) is 5.06. The maximum atomic E-state index is 12.6. The van der Waals surface area contributed by atoms with Gasteiger partial charge in [0.15, 0.2) is 10.8 Å². The number of para-hydroxylation sites is 2. The first kappa shape index (κ1) is 17.5. The van der Waals surface area contributed by atoms with E-state index in [-0.39, 0.29) is 6.03 Å². The lowest BCUT2D eigenvalue weighted by Gasteiger charge is -2.31. The topological polar surface area (TPSA) is 80.5 Å². The molecular weight excluding hydrogens is 364 g/mol. The van der Waals surface area contributed by atoms with Crippen LogP contribution in [0.4, 0.5) is 10.5 Å². The van der Waals surface area contributed by atoms with Crippen LogP contribution in [0.2, 0.25) is 0 Å². The van der Waals surface area contributed by atoms with Crippen molar-refractivity contribution in [2.75, 3.05) is 25.5 Å². The lowest BCUT2D eigenvalue weighted by atomic mass is 9.98. The quantitative estimate of drug-likeness (QED) is 0.728. The molecule has 3 aromatic rings. The number of anilines is 1. The summed E-state index contributed by atoms with van der Waals surface area (Å²) in [6.45, 7) is 1.36. The van der Waals surface area contributed by atoms with Crippen molar-refractivity contribution in [1.29, 1.82) is 0 Å². The van der Waals surface area contributed by atoms with Gasteiger partial charge < -0.3 is 19.4 Å². The molecule has 0 saturated carbocycles. The number of likely N-dealkylation sites (tertiary alicyclic amines) is 1. The predicted octanol–water partition coefficient (Wildman–Crippen LogP) is 4.22. The molecular formula is C19H20N4O3S. The number of carbonyl (C=O) groups excluding carboxylic acids is 1. The highest BCUT2D eigenvalue weighted by atomic mass is 32.1. The van der Waals surface area contributed by atoms with E-state index in [0.29, 0.717) is 30.4 Å². The molecule has 140 valence electrons. The zero-order valence-corrected chi connectivity index (χ0v) is 15.7. The number of methoxy groups -OCH3 is 1. The van der Waals surface area contributed by atoms with Crippen molar-refractivity contribution >= 4 is 23.1 Å². The predicted molar refractivity (Wildman–Crippen MR) is 103 cm³/mol. The van der Waals surface area contributed by atoms with E-state index in [0.717, 1.165) is 28.6 Å². The Morgan fingerprint density at radius 2 is 2.04 bits per heavy atom. The third-order valence-electron chi connectivity index (χ3n) is 4.65. The molecule has 4 rings (SSSR count). The highest BCUT2D eigenvalue weighted by Gasteiger charge is 2.27. The van der Waals surface area contributed by atoms with Crippen molar-refractivity contribution in [3.8, 4) is 16.5 Å². The van der Waals surface area contributed by atoms with Gasteiger partial charge in [0.05, 0.1) is 19.1 Å². The number of nitrogens with one attached hydrogen (secondary N) is 1. The summed E-state index contributed by atoms with van der Waals surface area (Å²) < 4.78 is 10.7. The maximum Gasteiger partial charge on any atom is 0.321 e. The summed E-state index contributed by atoms with van der Waals surface area (Å²) in [7, 11) is 1.59. The fourth-order valence-corrected chi connectivity index (χ4v) is 4.15. The smallest absolute Gasteiger partial charge is 0.321 e. The number of urea groups is 1. The van der Waals surface area contributed by atoms with Crippen LogP contribution in [0.25, 0.3) is 10.8 Å². The summed E-state index contributed by atoms with van der Waals surface area (Å²) in [6, 6.07) is 11.0. The molecule has 1 fully saturated rings. The zero-order valence-electron chi connectivity index (χ0n) is 14.9. The number of nitrogens with zero attached hydrogens (tertiary/aromatic N) is 3. The summed E-state index contributed by atoms with van der Waals surface area (Å²) in [4.78, 5) is 14.4. The Bertz CT molecular complexity index is 901. The lowest BCUT2D eigenvalue weighted by Crippen LogP contribution is -2.40. The minimum absolute atomic E-state index is 0.105. The van der Waals surface area contributed by atoms with Gasteiger partial charge in [-0.3, -0.25) is 0 Å². The fraction of sp³-hybridized carbons (Fsp3) is 0.316. The zero-order chi connectivity index (χ0) is 18.6. The highest BCUT2D eigenvalue weighted by Crippen LogP contribution is 2.34. The lowest BCUT2D eigenvalue weighted by molar-refractivity contribution is 0.194.